The third-order valence-electron chi connectivity index (χ3n) is 2.15. The number of halogens is 2. The van der Waals surface area contributed by atoms with E-state index < -0.39 is 14.1 Å². The SMILES string of the molecule is Cc1ccc(-c2noc(S(=O)(=O)Cl)c2Cl)cc1. The predicted molar refractivity (Wildman–Crippen MR) is 64.7 cm³/mol. The predicted octanol–water partition coefficient (Wildman–Crippen LogP) is 3.23. The number of hydrogen-bond donors (Lipinski definition) is 0. The zero-order valence-electron chi connectivity index (χ0n) is 8.65. The maximum atomic E-state index is 11.1. The third-order valence-corrected chi connectivity index (χ3v) is 3.76. The van der Waals surface area contributed by atoms with Gasteiger partial charge in [0, 0.05) is 16.2 Å². The molecule has 0 amide bonds. The van der Waals surface area contributed by atoms with Gasteiger partial charge in [0.1, 0.15) is 10.7 Å². The fraction of sp³-hybridized carbons (Fsp3) is 0.100. The minimum Gasteiger partial charge on any atom is -0.341 e. The van der Waals surface area contributed by atoms with Gasteiger partial charge in [-0.2, -0.15) is 0 Å². The summed E-state index contributed by atoms with van der Waals surface area (Å²) in [6.45, 7) is 1.93. The Morgan fingerprint density at radius 2 is 1.82 bits per heavy atom. The summed E-state index contributed by atoms with van der Waals surface area (Å²) in [5.74, 6) is 0. The minimum absolute atomic E-state index is 0.108. The Morgan fingerprint density at radius 3 is 2.29 bits per heavy atom. The fourth-order valence-electron chi connectivity index (χ4n) is 1.31. The van der Waals surface area contributed by atoms with Gasteiger partial charge >= 0.3 is 0 Å². The van der Waals surface area contributed by atoms with Crippen LogP contribution in [0.4, 0.5) is 0 Å². The normalized spacial score (nSPS) is 11.7. The first-order chi connectivity index (χ1) is 7.89. The first kappa shape index (κ1) is 12.4. The second-order valence-corrected chi connectivity index (χ2v) is 6.28. The second-order valence-electron chi connectivity index (χ2n) is 3.44. The Hall–Kier alpha value is -1.04. The van der Waals surface area contributed by atoms with Gasteiger partial charge in [-0.1, -0.05) is 46.6 Å². The number of hydrogen-bond acceptors (Lipinski definition) is 4. The molecule has 2 rings (SSSR count). The molecule has 1 aromatic carbocycles. The number of benzene rings is 1. The highest BCUT2D eigenvalue weighted by molar-refractivity contribution is 8.13. The molecule has 0 aliphatic carbocycles. The van der Waals surface area contributed by atoms with Crippen molar-refractivity contribution in [1.82, 2.24) is 5.16 Å². The highest BCUT2D eigenvalue weighted by atomic mass is 35.7. The Kier molecular flexibility index (Phi) is 3.16. The lowest BCUT2D eigenvalue weighted by Crippen LogP contribution is -1.87. The Morgan fingerprint density at radius 1 is 1.24 bits per heavy atom. The molecule has 0 unspecified atom stereocenters. The molecule has 4 nitrogen and oxygen atoms in total. The minimum atomic E-state index is -4.02. The van der Waals surface area contributed by atoms with E-state index in [-0.39, 0.29) is 10.7 Å². The van der Waals surface area contributed by atoms with Crippen LogP contribution in [0.25, 0.3) is 11.3 Å². The highest BCUT2D eigenvalue weighted by Crippen LogP contribution is 2.34. The highest BCUT2D eigenvalue weighted by Gasteiger charge is 2.25. The van der Waals surface area contributed by atoms with Crippen molar-refractivity contribution in [2.45, 2.75) is 12.0 Å². The number of rotatable bonds is 2. The Bertz CT molecular complexity index is 647. The standard InChI is InChI=1S/C10H7Cl2NO3S/c1-6-2-4-7(5-3-6)9-8(11)10(16-13-9)17(12,14)15/h2-5H,1H3. The maximum Gasteiger partial charge on any atom is 0.298 e. The van der Waals surface area contributed by atoms with Crippen LogP contribution in [-0.4, -0.2) is 13.6 Å². The quantitative estimate of drug-likeness (QED) is 0.797. The van der Waals surface area contributed by atoms with Crippen LogP contribution in [0.2, 0.25) is 5.02 Å². The molecule has 0 bridgehead atoms. The summed E-state index contributed by atoms with van der Waals surface area (Å²) < 4.78 is 26.8. The van der Waals surface area contributed by atoms with Crippen LogP contribution < -0.4 is 0 Å². The van der Waals surface area contributed by atoms with Crippen molar-refractivity contribution in [2.24, 2.45) is 0 Å². The molecule has 7 heteroatoms. The van der Waals surface area contributed by atoms with Gasteiger partial charge in [0.15, 0.2) is 0 Å². The second kappa shape index (κ2) is 4.33. The first-order valence-electron chi connectivity index (χ1n) is 4.56. The topological polar surface area (TPSA) is 60.2 Å². The summed E-state index contributed by atoms with van der Waals surface area (Å²) in [4.78, 5) is 0. The molecular formula is C10H7Cl2NO3S. The van der Waals surface area contributed by atoms with E-state index in [0.29, 0.717) is 5.56 Å². The monoisotopic (exact) mass is 291 g/mol. The molecule has 0 saturated carbocycles. The van der Waals surface area contributed by atoms with Crippen LogP contribution in [0.3, 0.4) is 0 Å². The van der Waals surface area contributed by atoms with E-state index in [4.69, 9.17) is 22.3 Å². The first-order valence-corrected chi connectivity index (χ1v) is 7.25. The van der Waals surface area contributed by atoms with Crippen molar-refractivity contribution in [2.75, 3.05) is 0 Å². The molecule has 0 spiro atoms. The Balaban J connectivity index is 2.55. The van der Waals surface area contributed by atoms with Gasteiger partial charge in [-0.05, 0) is 6.92 Å². The van der Waals surface area contributed by atoms with Crippen LogP contribution in [0.5, 0.6) is 0 Å². The van der Waals surface area contributed by atoms with Gasteiger partial charge in [-0.25, -0.2) is 8.42 Å². The van der Waals surface area contributed by atoms with Gasteiger partial charge in [0.05, 0.1) is 0 Å². The Labute approximate surface area is 108 Å². The summed E-state index contributed by atoms with van der Waals surface area (Å²) in [6.07, 6.45) is 0. The summed E-state index contributed by atoms with van der Waals surface area (Å²) in [6, 6.07) is 7.25. The molecule has 1 aromatic heterocycles. The third kappa shape index (κ3) is 2.46. The van der Waals surface area contributed by atoms with Gasteiger partial charge in [0.25, 0.3) is 14.1 Å². The van der Waals surface area contributed by atoms with Crippen molar-refractivity contribution >= 4 is 31.3 Å². The average Bonchev–Trinajstić information content (AvgIpc) is 2.61. The molecule has 0 atom stereocenters. The molecule has 17 heavy (non-hydrogen) atoms. The summed E-state index contributed by atoms with van der Waals surface area (Å²) in [7, 11) is 1.13. The summed E-state index contributed by atoms with van der Waals surface area (Å²) in [5, 5.41) is 2.97. The largest absolute Gasteiger partial charge is 0.341 e. The lowest BCUT2D eigenvalue weighted by Gasteiger charge is -1.97. The van der Waals surface area contributed by atoms with E-state index in [0.717, 1.165) is 5.56 Å². The van der Waals surface area contributed by atoms with Crippen molar-refractivity contribution in [3.63, 3.8) is 0 Å². The molecule has 0 saturated heterocycles. The van der Waals surface area contributed by atoms with E-state index in [1.165, 1.54) is 0 Å². The molecule has 90 valence electrons. The number of aryl methyl sites for hydroxylation is 1. The van der Waals surface area contributed by atoms with Crippen molar-refractivity contribution in [3.8, 4) is 11.3 Å². The van der Waals surface area contributed by atoms with Gasteiger partial charge < -0.3 is 4.52 Å². The van der Waals surface area contributed by atoms with E-state index in [9.17, 15) is 8.42 Å². The van der Waals surface area contributed by atoms with Gasteiger partial charge in [-0.3, -0.25) is 0 Å². The molecule has 0 radical (unpaired) electrons. The molecule has 0 aliphatic rings. The van der Waals surface area contributed by atoms with Crippen molar-refractivity contribution in [3.05, 3.63) is 34.9 Å². The lowest BCUT2D eigenvalue weighted by molar-refractivity contribution is 0.343. The van der Waals surface area contributed by atoms with E-state index in [2.05, 4.69) is 9.68 Å². The molecule has 2 aromatic rings. The summed E-state index contributed by atoms with van der Waals surface area (Å²) in [5.41, 5.74) is 1.99. The zero-order valence-corrected chi connectivity index (χ0v) is 11.0. The molecule has 1 heterocycles. The van der Waals surface area contributed by atoms with Crippen LogP contribution in [-0.2, 0) is 9.05 Å². The maximum absolute atomic E-state index is 11.1. The number of nitrogens with zero attached hydrogens (tertiary/aromatic N) is 1. The molecule has 0 fully saturated rings. The molecule has 0 N–H and O–H groups in total. The summed E-state index contributed by atoms with van der Waals surface area (Å²) >= 11 is 5.86. The number of aromatic nitrogens is 1. The van der Waals surface area contributed by atoms with Crippen LogP contribution in [0, 0.1) is 6.92 Å². The van der Waals surface area contributed by atoms with Crippen molar-refractivity contribution in [1.29, 1.82) is 0 Å². The smallest absolute Gasteiger partial charge is 0.298 e. The van der Waals surface area contributed by atoms with Crippen LogP contribution in [0.15, 0.2) is 33.9 Å². The van der Waals surface area contributed by atoms with E-state index in [1.54, 1.807) is 12.1 Å². The lowest BCUT2D eigenvalue weighted by atomic mass is 10.1. The molecule has 0 aliphatic heterocycles. The van der Waals surface area contributed by atoms with E-state index >= 15 is 0 Å². The van der Waals surface area contributed by atoms with Crippen molar-refractivity contribution < 1.29 is 12.9 Å². The van der Waals surface area contributed by atoms with Gasteiger partial charge in [0.2, 0.25) is 0 Å². The fourth-order valence-corrected chi connectivity index (χ4v) is 2.66. The van der Waals surface area contributed by atoms with E-state index in [1.807, 2.05) is 19.1 Å². The van der Waals surface area contributed by atoms with Crippen LogP contribution >= 0.6 is 22.3 Å². The molecular weight excluding hydrogens is 285 g/mol. The van der Waals surface area contributed by atoms with Crippen LogP contribution in [0.1, 0.15) is 5.56 Å². The van der Waals surface area contributed by atoms with Gasteiger partial charge in [-0.15, -0.1) is 0 Å². The zero-order chi connectivity index (χ0) is 12.6. The average molecular weight is 292 g/mol.